The molecule has 0 aromatic carbocycles. The molecule has 4 N–H and O–H groups in total. The first-order valence-corrected chi connectivity index (χ1v) is 4.80. The van der Waals surface area contributed by atoms with Gasteiger partial charge in [-0.1, -0.05) is 6.92 Å². The van der Waals surface area contributed by atoms with Gasteiger partial charge in [-0.05, 0) is 13.3 Å². The van der Waals surface area contributed by atoms with E-state index in [9.17, 15) is 10.2 Å². The third kappa shape index (κ3) is 4.34. The maximum absolute atomic E-state index is 9.31. The SMILES string of the molecule is CC[C@@H](OC(CO)[C@H](C)O)[C@H](O)CO. The molecule has 0 heterocycles. The molecule has 0 aliphatic carbocycles. The standard InChI is InChI=1S/C9H20O5/c1-3-8(7(13)4-10)14-9(5-11)6(2)12/h6-13H,3-5H2,1-2H3/t6-,7+,8+,9?/m0/s1. The average Bonchev–Trinajstić information content (AvgIpc) is 2.18. The Balaban J connectivity index is 4.13. The van der Waals surface area contributed by atoms with Gasteiger partial charge in [-0.25, -0.2) is 0 Å². The lowest BCUT2D eigenvalue weighted by atomic mass is 10.1. The second kappa shape index (κ2) is 7.14. The van der Waals surface area contributed by atoms with Gasteiger partial charge in [0.15, 0.2) is 0 Å². The summed E-state index contributed by atoms with van der Waals surface area (Å²) >= 11 is 0. The summed E-state index contributed by atoms with van der Waals surface area (Å²) in [5, 5.41) is 36.1. The van der Waals surface area contributed by atoms with Crippen molar-refractivity contribution in [2.24, 2.45) is 0 Å². The third-order valence-electron chi connectivity index (χ3n) is 2.09. The Bertz CT molecular complexity index is 139. The van der Waals surface area contributed by atoms with E-state index in [4.69, 9.17) is 14.9 Å². The fraction of sp³-hybridized carbons (Fsp3) is 1.00. The van der Waals surface area contributed by atoms with Gasteiger partial charge < -0.3 is 25.2 Å². The minimum absolute atomic E-state index is 0.313. The van der Waals surface area contributed by atoms with Crippen molar-refractivity contribution < 1.29 is 25.2 Å². The van der Waals surface area contributed by atoms with Gasteiger partial charge in [-0.15, -0.1) is 0 Å². The number of hydrogen-bond acceptors (Lipinski definition) is 5. The largest absolute Gasteiger partial charge is 0.394 e. The van der Waals surface area contributed by atoms with Crippen molar-refractivity contribution in [3.8, 4) is 0 Å². The van der Waals surface area contributed by atoms with Crippen LogP contribution in [0.5, 0.6) is 0 Å². The molecule has 0 saturated heterocycles. The molecule has 86 valence electrons. The topological polar surface area (TPSA) is 90.2 Å². The van der Waals surface area contributed by atoms with E-state index in [1.54, 1.807) is 6.92 Å². The molecule has 0 bridgehead atoms. The van der Waals surface area contributed by atoms with Gasteiger partial charge in [0.2, 0.25) is 0 Å². The number of ether oxygens (including phenoxy) is 1. The summed E-state index contributed by atoms with van der Waals surface area (Å²) < 4.78 is 5.25. The summed E-state index contributed by atoms with van der Waals surface area (Å²) in [7, 11) is 0. The Morgan fingerprint density at radius 2 is 1.64 bits per heavy atom. The highest BCUT2D eigenvalue weighted by molar-refractivity contribution is 4.71. The van der Waals surface area contributed by atoms with Crippen LogP contribution in [0.3, 0.4) is 0 Å². The van der Waals surface area contributed by atoms with E-state index in [1.165, 1.54) is 6.92 Å². The second-order valence-corrected chi connectivity index (χ2v) is 3.29. The van der Waals surface area contributed by atoms with Crippen LogP contribution in [-0.4, -0.2) is 58.1 Å². The molecule has 0 aromatic heterocycles. The minimum Gasteiger partial charge on any atom is -0.394 e. The quantitative estimate of drug-likeness (QED) is 0.425. The van der Waals surface area contributed by atoms with Crippen LogP contribution in [0.4, 0.5) is 0 Å². The van der Waals surface area contributed by atoms with Crippen molar-refractivity contribution >= 4 is 0 Å². The molecule has 0 rings (SSSR count). The van der Waals surface area contributed by atoms with Gasteiger partial charge in [0.05, 0.1) is 25.4 Å². The van der Waals surface area contributed by atoms with Crippen molar-refractivity contribution in [3.05, 3.63) is 0 Å². The average molecular weight is 208 g/mol. The van der Waals surface area contributed by atoms with Crippen LogP contribution in [0.25, 0.3) is 0 Å². The van der Waals surface area contributed by atoms with E-state index in [2.05, 4.69) is 0 Å². The molecule has 0 aliphatic heterocycles. The Kier molecular flexibility index (Phi) is 7.04. The smallest absolute Gasteiger partial charge is 0.107 e. The van der Waals surface area contributed by atoms with E-state index in [-0.39, 0.29) is 6.61 Å². The van der Waals surface area contributed by atoms with Gasteiger partial charge in [-0.3, -0.25) is 0 Å². The highest BCUT2D eigenvalue weighted by Crippen LogP contribution is 2.10. The van der Waals surface area contributed by atoms with Crippen LogP contribution in [0.2, 0.25) is 0 Å². The zero-order valence-electron chi connectivity index (χ0n) is 8.63. The van der Waals surface area contributed by atoms with Crippen LogP contribution in [-0.2, 0) is 4.74 Å². The Hall–Kier alpha value is -0.200. The summed E-state index contributed by atoms with van der Waals surface area (Å²) in [6.45, 7) is 2.59. The van der Waals surface area contributed by atoms with Crippen LogP contribution in [0.1, 0.15) is 20.3 Å². The minimum atomic E-state index is -0.979. The highest BCUT2D eigenvalue weighted by atomic mass is 16.5. The second-order valence-electron chi connectivity index (χ2n) is 3.29. The lowest BCUT2D eigenvalue weighted by Crippen LogP contribution is -2.40. The molecule has 0 fully saturated rings. The Morgan fingerprint density at radius 3 is 1.93 bits per heavy atom. The van der Waals surface area contributed by atoms with Crippen molar-refractivity contribution in [2.75, 3.05) is 13.2 Å². The van der Waals surface area contributed by atoms with E-state index in [0.29, 0.717) is 6.42 Å². The molecule has 0 aliphatic rings. The van der Waals surface area contributed by atoms with Crippen molar-refractivity contribution in [3.63, 3.8) is 0 Å². The summed E-state index contributed by atoms with van der Waals surface area (Å²) in [6.07, 6.45) is -2.56. The van der Waals surface area contributed by atoms with Gasteiger partial charge in [0.1, 0.15) is 12.2 Å². The molecule has 0 amide bonds. The fourth-order valence-electron chi connectivity index (χ4n) is 1.11. The summed E-state index contributed by atoms with van der Waals surface area (Å²) in [6, 6.07) is 0. The van der Waals surface area contributed by atoms with Crippen molar-refractivity contribution in [2.45, 2.75) is 44.7 Å². The first-order chi connectivity index (χ1) is 6.56. The van der Waals surface area contributed by atoms with Crippen LogP contribution < -0.4 is 0 Å². The van der Waals surface area contributed by atoms with Gasteiger partial charge >= 0.3 is 0 Å². The molecule has 1 unspecified atom stereocenters. The maximum Gasteiger partial charge on any atom is 0.107 e. The van der Waals surface area contributed by atoms with Crippen molar-refractivity contribution in [1.82, 2.24) is 0 Å². The van der Waals surface area contributed by atoms with Crippen molar-refractivity contribution in [1.29, 1.82) is 0 Å². The lowest BCUT2D eigenvalue weighted by Gasteiger charge is -2.27. The van der Waals surface area contributed by atoms with Gasteiger partial charge in [0.25, 0.3) is 0 Å². The predicted octanol–water partition coefficient (Wildman–Crippen LogP) is -1.12. The molecule has 0 saturated carbocycles. The molecule has 0 spiro atoms. The first kappa shape index (κ1) is 13.8. The molecule has 5 nitrogen and oxygen atoms in total. The van der Waals surface area contributed by atoms with Crippen LogP contribution in [0, 0.1) is 0 Å². The van der Waals surface area contributed by atoms with E-state index in [0.717, 1.165) is 0 Å². The van der Waals surface area contributed by atoms with E-state index in [1.807, 2.05) is 0 Å². The predicted molar refractivity (Wildman–Crippen MR) is 50.8 cm³/mol. The zero-order valence-corrected chi connectivity index (χ0v) is 8.63. The number of rotatable bonds is 7. The number of aliphatic hydroxyl groups is 4. The van der Waals surface area contributed by atoms with E-state index >= 15 is 0 Å². The van der Waals surface area contributed by atoms with Crippen LogP contribution >= 0.6 is 0 Å². The third-order valence-corrected chi connectivity index (χ3v) is 2.09. The normalized spacial score (nSPS) is 20.1. The molecule has 4 atom stereocenters. The monoisotopic (exact) mass is 208 g/mol. The summed E-state index contributed by atoms with van der Waals surface area (Å²) in [5.74, 6) is 0. The molecular weight excluding hydrogens is 188 g/mol. The summed E-state index contributed by atoms with van der Waals surface area (Å²) in [5.41, 5.74) is 0. The van der Waals surface area contributed by atoms with Gasteiger partial charge in [-0.2, -0.15) is 0 Å². The zero-order chi connectivity index (χ0) is 11.1. The number of aliphatic hydroxyl groups excluding tert-OH is 4. The maximum atomic E-state index is 9.31. The molecular formula is C9H20O5. The Labute approximate surface area is 83.9 Å². The first-order valence-electron chi connectivity index (χ1n) is 4.80. The van der Waals surface area contributed by atoms with E-state index < -0.39 is 31.0 Å². The Morgan fingerprint density at radius 1 is 1.07 bits per heavy atom. The number of hydrogen-bond donors (Lipinski definition) is 4. The molecule has 0 aromatic rings. The molecule has 0 radical (unpaired) electrons. The van der Waals surface area contributed by atoms with Gasteiger partial charge in [0, 0.05) is 0 Å². The molecule has 14 heavy (non-hydrogen) atoms. The summed E-state index contributed by atoms with van der Waals surface area (Å²) in [4.78, 5) is 0. The highest BCUT2D eigenvalue weighted by Gasteiger charge is 2.24. The van der Waals surface area contributed by atoms with Crippen LogP contribution in [0.15, 0.2) is 0 Å². The lowest BCUT2D eigenvalue weighted by molar-refractivity contribution is -0.135. The molecule has 5 heteroatoms. The fourth-order valence-corrected chi connectivity index (χ4v) is 1.11.